The second-order valence-corrected chi connectivity index (χ2v) is 7.43. The summed E-state index contributed by atoms with van der Waals surface area (Å²) in [6, 6.07) is 10.2. The van der Waals surface area contributed by atoms with Crippen molar-refractivity contribution in [3.63, 3.8) is 0 Å². The number of aromatic nitrogens is 4. The summed E-state index contributed by atoms with van der Waals surface area (Å²) in [5, 5.41) is 20.5. The molecular formula is C21H21F2N5O3. The maximum Gasteiger partial charge on any atom is 0.256 e. The van der Waals surface area contributed by atoms with Crippen LogP contribution in [0, 0.1) is 11.6 Å². The number of halogens is 2. The molecule has 10 heteroatoms. The van der Waals surface area contributed by atoms with E-state index in [4.69, 9.17) is 4.74 Å². The zero-order valence-corrected chi connectivity index (χ0v) is 16.6. The highest BCUT2D eigenvalue weighted by Crippen LogP contribution is 2.29. The Bertz CT molecular complexity index is 1030. The number of ether oxygens (including phenoxy) is 1. The van der Waals surface area contributed by atoms with E-state index in [9.17, 15) is 18.7 Å². The molecule has 2 aromatic carbocycles. The number of aliphatic hydroxyl groups excluding tert-OH is 1. The fourth-order valence-electron chi connectivity index (χ4n) is 3.61. The Morgan fingerprint density at radius 3 is 2.74 bits per heavy atom. The molecule has 0 aliphatic carbocycles. The van der Waals surface area contributed by atoms with Crippen LogP contribution in [0.15, 0.2) is 48.8 Å². The number of nitrogens with zero attached hydrogens (tertiary/aromatic N) is 5. The summed E-state index contributed by atoms with van der Waals surface area (Å²) in [5.41, 5.74) is 0.919. The average molecular weight is 429 g/mol. The quantitative estimate of drug-likeness (QED) is 0.618. The highest BCUT2D eigenvalue weighted by molar-refractivity contribution is 5.94. The Morgan fingerprint density at radius 2 is 2.03 bits per heavy atom. The third kappa shape index (κ3) is 5.02. The monoisotopic (exact) mass is 429 g/mol. The molecule has 162 valence electrons. The minimum absolute atomic E-state index is 0.0404. The number of hydrogen-bond donors (Lipinski definition) is 1. The maximum atomic E-state index is 14.6. The molecule has 2 atom stereocenters. The van der Waals surface area contributed by atoms with E-state index in [1.807, 2.05) is 0 Å². The van der Waals surface area contributed by atoms with Gasteiger partial charge in [0, 0.05) is 25.1 Å². The smallest absolute Gasteiger partial charge is 0.256 e. The summed E-state index contributed by atoms with van der Waals surface area (Å²) in [7, 11) is 0. The average Bonchev–Trinajstić information content (AvgIpc) is 3.45. The molecule has 0 spiro atoms. The van der Waals surface area contributed by atoms with E-state index in [1.54, 1.807) is 17.0 Å². The van der Waals surface area contributed by atoms with Gasteiger partial charge in [-0.1, -0.05) is 12.1 Å². The van der Waals surface area contributed by atoms with Crippen LogP contribution in [0.2, 0.25) is 0 Å². The van der Waals surface area contributed by atoms with Crippen molar-refractivity contribution in [2.75, 3.05) is 19.7 Å². The van der Waals surface area contributed by atoms with Crippen LogP contribution in [0.4, 0.5) is 8.78 Å². The Morgan fingerprint density at radius 1 is 1.23 bits per heavy atom. The molecule has 0 unspecified atom stereocenters. The standard InChI is InChI=1S/C21H21F2N5O3/c22-16-3-1-14(2-4-16)15-7-8-27(10-15)21(30)19-6-5-18(9-20(19)23)31-12-17(29)11-28-13-24-25-26-28/h1-6,9,13,15,17,29H,7-8,10-12H2/t15-,17+/m0/s1. The summed E-state index contributed by atoms with van der Waals surface area (Å²) in [4.78, 5) is 14.4. The molecule has 0 saturated carbocycles. The Kier molecular flexibility index (Phi) is 6.17. The van der Waals surface area contributed by atoms with Crippen molar-refractivity contribution in [1.82, 2.24) is 25.1 Å². The molecule has 1 fully saturated rings. The number of amides is 1. The molecule has 1 aliphatic rings. The van der Waals surface area contributed by atoms with Crippen LogP contribution in [-0.4, -0.2) is 61.9 Å². The van der Waals surface area contributed by atoms with Gasteiger partial charge in [0.05, 0.1) is 12.1 Å². The first kappa shape index (κ1) is 20.9. The van der Waals surface area contributed by atoms with Gasteiger partial charge in [-0.2, -0.15) is 0 Å². The largest absolute Gasteiger partial charge is 0.491 e. The molecule has 1 N–H and O–H groups in total. The molecule has 0 radical (unpaired) electrons. The normalized spacial score (nSPS) is 17.0. The predicted molar refractivity (Wildman–Crippen MR) is 105 cm³/mol. The van der Waals surface area contributed by atoms with E-state index in [1.165, 1.54) is 35.3 Å². The summed E-state index contributed by atoms with van der Waals surface area (Å²) in [6.45, 7) is 1.00. The van der Waals surface area contributed by atoms with Gasteiger partial charge < -0.3 is 14.7 Å². The zero-order valence-electron chi connectivity index (χ0n) is 16.6. The van der Waals surface area contributed by atoms with Crippen molar-refractivity contribution in [2.45, 2.75) is 25.0 Å². The minimum Gasteiger partial charge on any atom is -0.491 e. The topological polar surface area (TPSA) is 93.4 Å². The lowest BCUT2D eigenvalue weighted by Crippen LogP contribution is -2.29. The summed E-state index contributed by atoms with van der Waals surface area (Å²) in [5.74, 6) is -1.09. The molecule has 1 aromatic heterocycles. The molecule has 2 heterocycles. The molecule has 0 bridgehead atoms. The van der Waals surface area contributed by atoms with E-state index in [-0.39, 0.29) is 36.2 Å². The third-order valence-corrected chi connectivity index (χ3v) is 5.22. The fourth-order valence-corrected chi connectivity index (χ4v) is 3.61. The van der Waals surface area contributed by atoms with Crippen LogP contribution in [0.3, 0.4) is 0 Å². The molecule has 3 aromatic rings. The third-order valence-electron chi connectivity index (χ3n) is 5.22. The van der Waals surface area contributed by atoms with Gasteiger partial charge in [-0.05, 0) is 46.7 Å². The van der Waals surface area contributed by atoms with Gasteiger partial charge in [-0.3, -0.25) is 4.79 Å². The number of likely N-dealkylation sites (tertiary alicyclic amines) is 1. The zero-order chi connectivity index (χ0) is 21.8. The number of carbonyl (C=O) groups is 1. The van der Waals surface area contributed by atoms with Gasteiger partial charge in [0.2, 0.25) is 0 Å². The molecule has 1 amide bonds. The van der Waals surface area contributed by atoms with Crippen molar-refractivity contribution in [2.24, 2.45) is 0 Å². The SMILES string of the molecule is O=C(c1ccc(OC[C@H](O)Cn2cnnn2)cc1F)N1CC[C@H](c2ccc(F)cc2)C1. The second-order valence-electron chi connectivity index (χ2n) is 7.43. The summed E-state index contributed by atoms with van der Waals surface area (Å²) in [6.07, 6.45) is 1.21. The van der Waals surface area contributed by atoms with Crippen molar-refractivity contribution in [1.29, 1.82) is 0 Å². The van der Waals surface area contributed by atoms with Crippen LogP contribution in [-0.2, 0) is 6.54 Å². The van der Waals surface area contributed by atoms with Crippen LogP contribution in [0.25, 0.3) is 0 Å². The number of benzene rings is 2. The number of hydrogen-bond acceptors (Lipinski definition) is 6. The Labute approximate surface area is 177 Å². The molecule has 31 heavy (non-hydrogen) atoms. The number of aliphatic hydroxyl groups is 1. The van der Waals surface area contributed by atoms with E-state index in [0.717, 1.165) is 18.1 Å². The minimum atomic E-state index is -0.888. The Hall–Kier alpha value is -3.40. The highest BCUT2D eigenvalue weighted by Gasteiger charge is 2.29. The molecule has 1 saturated heterocycles. The van der Waals surface area contributed by atoms with E-state index in [2.05, 4.69) is 15.5 Å². The van der Waals surface area contributed by atoms with Gasteiger partial charge in [0.1, 0.15) is 36.4 Å². The summed E-state index contributed by atoms with van der Waals surface area (Å²) >= 11 is 0. The van der Waals surface area contributed by atoms with Crippen molar-refractivity contribution in [3.8, 4) is 5.75 Å². The lowest BCUT2D eigenvalue weighted by atomic mass is 9.98. The fraction of sp³-hybridized carbons (Fsp3) is 0.333. The first-order valence-corrected chi connectivity index (χ1v) is 9.85. The number of carbonyl (C=O) groups excluding carboxylic acids is 1. The highest BCUT2D eigenvalue weighted by atomic mass is 19.1. The summed E-state index contributed by atoms with van der Waals surface area (Å²) < 4.78 is 34.5. The van der Waals surface area contributed by atoms with Gasteiger partial charge in [0.25, 0.3) is 5.91 Å². The van der Waals surface area contributed by atoms with Gasteiger partial charge in [-0.15, -0.1) is 5.10 Å². The first-order valence-electron chi connectivity index (χ1n) is 9.85. The van der Waals surface area contributed by atoms with Gasteiger partial charge >= 0.3 is 0 Å². The number of rotatable bonds is 7. The van der Waals surface area contributed by atoms with Crippen LogP contribution in [0.5, 0.6) is 5.75 Å². The molecular weight excluding hydrogens is 408 g/mol. The Balaban J connectivity index is 1.34. The van der Waals surface area contributed by atoms with E-state index < -0.39 is 17.8 Å². The van der Waals surface area contributed by atoms with Crippen LogP contribution in [0.1, 0.15) is 28.3 Å². The van der Waals surface area contributed by atoms with Crippen molar-refractivity contribution < 1.29 is 23.4 Å². The van der Waals surface area contributed by atoms with Crippen molar-refractivity contribution in [3.05, 3.63) is 71.6 Å². The predicted octanol–water partition coefficient (Wildman–Crippen LogP) is 2.02. The van der Waals surface area contributed by atoms with Crippen molar-refractivity contribution >= 4 is 5.91 Å². The molecule has 4 rings (SSSR count). The second kappa shape index (κ2) is 9.17. The number of tetrazole rings is 1. The molecule has 8 nitrogen and oxygen atoms in total. The van der Waals surface area contributed by atoms with E-state index >= 15 is 0 Å². The first-order chi connectivity index (χ1) is 15.0. The van der Waals surface area contributed by atoms with E-state index in [0.29, 0.717) is 13.1 Å². The van der Waals surface area contributed by atoms with Gasteiger partial charge in [-0.25, -0.2) is 13.5 Å². The van der Waals surface area contributed by atoms with Crippen LogP contribution < -0.4 is 4.74 Å². The van der Waals surface area contributed by atoms with Gasteiger partial charge in [0.15, 0.2) is 0 Å². The lowest BCUT2D eigenvalue weighted by molar-refractivity contribution is 0.0784. The van der Waals surface area contributed by atoms with Crippen LogP contribution >= 0.6 is 0 Å². The maximum absolute atomic E-state index is 14.6. The lowest BCUT2D eigenvalue weighted by Gasteiger charge is -2.18. The molecule has 1 aliphatic heterocycles.